The van der Waals surface area contributed by atoms with Crippen molar-refractivity contribution in [1.29, 1.82) is 0 Å². The first-order chi connectivity index (χ1) is 19.0. The molecule has 2 aromatic rings. The summed E-state index contributed by atoms with van der Waals surface area (Å²) in [6.45, 7) is 18.2. The third-order valence-electron chi connectivity index (χ3n) is 6.95. The molecule has 9 heteroatoms. The van der Waals surface area contributed by atoms with E-state index in [1.165, 1.54) is 37.6 Å². The summed E-state index contributed by atoms with van der Waals surface area (Å²) in [5, 5.41) is 3.01. The van der Waals surface area contributed by atoms with Gasteiger partial charge in [-0.1, -0.05) is 59.6 Å². The van der Waals surface area contributed by atoms with Crippen molar-refractivity contribution in [3.05, 3.63) is 35.9 Å². The molecule has 0 aromatic carbocycles. The standard InChI is InChI=1S/C24H32N6O2S.3C2H6/c1-17-16-30(14-15-32-17)21-5-3-4-19(25-21)27-23(31)18-6-7-20(28-33-2)26-22(18)29-12-10-24(8-9-24)11-13-29;3*1-2/h3-7,17H,8-16H2,1-2H3,(H,26,28)(H,25,27,31);3*1-2H3/t17-;;;/m1.../s1. The van der Waals surface area contributed by atoms with Crippen molar-refractivity contribution in [2.24, 2.45) is 5.41 Å². The number of carbonyl (C=O) groups excluding carboxylic acids is 1. The van der Waals surface area contributed by atoms with Crippen LogP contribution in [0.2, 0.25) is 0 Å². The number of ether oxygens (including phenoxy) is 1. The zero-order valence-corrected chi connectivity index (χ0v) is 26.2. The van der Waals surface area contributed by atoms with Crippen LogP contribution >= 0.6 is 11.9 Å². The first-order valence-corrected chi connectivity index (χ1v) is 16.0. The van der Waals surface area contributed by atoms with Gasteiger partial charge in [0.2, 0.25) is 0 Å². The number of nitrogens with zero attached hydrogens (tertiary/aromatic N) is 4. The van der Waals surface area contributed by atoms with Gasteiger partial charge in [-0.05, 0) is 62.3 Å². The second kappa shape index (κ2) is 16.6. The molecule has 1 amide bonds. The molecule has 8 nitrogen and oxygen atoms in total. The SMILES string of the molecule is CC.CC.CC.CSNc1ccc(C(=O)Nc2cccc(N3CCO[C@H](C)C3)n2)c(N2CCC3(CC2)CC3)n1. The molecule has 2 aromatic heterocycles. The quantitative estimate of drug-likeness (QED) is 0.363. The predicted molar refractivity (Wildman–Crippen MR) is 168 cm³/mol. The van der Waals surface area contributed by atoms with Gasteiger partial charge in [0.25, 0.3) is 5.91 Å². The Hall–Kier alpha value is -2.52. The van der Waals surface area contributed by atoms with E-state index >= 15 is 0 Å². The van der Waals surface area contributed by atoms with Gasteiger partial charge in [-0.3, -0.25) is 4.79 Å². The van der Waals surface area contributed by atoms with Gasteiger partial charge in [-0.25, -0.2) is 9.97 Å². The molecule has 0 bridgehead atoms. The van der Waals surface area contributed by atoms with E-state index in [1.54, 1.807) is 0 Å². The molecule has 2 aliphatic heterocycles. The van der Waals surface area contributed by atoms with Gasteiger partial charge in [0.15, 0.2) is 0 Å². The van der Waals surface area contributed by atoms with Crippen LogP contribution in [0.25, 0.3) is 0 Å². The average Bonchev–Trinajstić information content (AvgIpc) is 3.75. The van der Waals surface area contributed by atoms with Crippen molar-refractivity contribution in [3.8, 4) is 0 Å². The fourth-order valence-corrected chi connectivity index (χ4v) is 5.10. The molecule has 0 unspecified atom stereocenters. The molecule has 2 N–H and O–H groups in total. The molecule has 218 valence electrons. The number of nitrogens with one attached hydrogen (secondary N) is 2. The van der Waals surface area contributed by atoms with Gasteiger partial charge >= 0.3 is 0 Å². The highest BCUT2D eigenvalue weighted by Crippen LogP contribution is 2.54. The summed E-state index contributed by atoms with van der Waals surface area (Å²) in [5.41, 5.74) is 1.15. The Bertz CT molecular complexity index is 1010. The molecule has 1 atom stereocenters. The van der Waals surface area contributed by atoms with Gasteiger partial charge < -0.3 is 24.6 Å². The van der Waals surface area contributed by atoms with Gasteiger partial charge in [-0.15, -0.1) is 0 Å². The molecule has 5 rings (SSSR count). The van der Waals surface area contributed by atoms with Crippen LogP contribution in [-0.2, 0) is 4.74 Å². The molecule has 0 radical (unpaired) electrons. The third-order valence-corrected chi connectivity index (χ3v) is 7.36. The van der Waals surface area contributed by atoms with Gasteiger partial charge in [-0.2, -0.15) is 0 Å². The smallest absolute Gasteiger partial charge is 0.260 e. The van der Waals surface area contributed by atoms with E-state index in [9.17, 15) is 4.79 Å². The van der Waals surface area contributed by atoms with Gasteiger partial charge in [0.05, 0.1) is 18.3 Å². The summed E-state index contributed by atoms with van der Waals surface area (Å²) in [7, 11) is 0. The van der Waals surface area contributed by atoms with Gasteiger partial charge in [0, 0.05) is 32.4 Å². The fourth-order valence-electron chi connectivity index (χ4n) is 4.78. The summed E-state index contributed by atoms with van der Waals surface area (Å²) >= 11 is 1.50. The zero-order chi connectivity index (χ0) is 28.8. The van der Waals surface area contributed by atoms with Crippen molar-refractivity contribution in [2.45, 2.75) is 80.3 Å². The van der Waals surface area contributed by atoms with Crippen LogP contribution in [0.5, 0.6) is 0 Å². The Labute approximate surface area is 240 Å². The van der Waals surface area contributed by atoms with Gasteiger partial charge in [0.1, 0.15) is 23.3 Å². The largest absolute Gasteiger partial charge is 0.375 e. The molecule has 39 heavy (non-hydrogen) atoms. The van der Waals surface area contributed by atoms with E-state index in [4.69, 9.17) is 14.7 Å². The monoisotopic (exact) mass is 558 g/mol. The lowest BCUT2D eigenvalue weighted by Gasteiger charge is -2.34. The van der Waals surface area contributed by atoms with Crippen LogP contribution in [0.3, 0.4) is 0 Å². The maximum Gasteiger partial charge on any atom is 0.260 e. The van der Waals surface area contributed by atoms with Crippen LogP contribution in [0, 0.1) is 5.41 Å². The molecular formula is C30H50N6O2S. The van der Waals surface area contributed by atoms with Crippen molar-refractivity contribution >= 4 is 41.1 Å². The molecule has 1 spiro atoms. The number of morpholine rings is 1. The molecule has 2 saturated heterocycles. The minimum absolute atomic E-state index is 0.167. The van der Waals surface area contributed by atoms with Crippen molar-refractivity contribution in [2.75, 3.05) is 58.9 Å². The summed E-state index contributed by atoms with van der Waals surface area (Å²) in [4.78, 5) is 27.3. The van der Waals surface area contributed by atoms with Crippen molar-refractivity contribution < 1.29 is 9.53 Å². The summed E-state index contributed by atoms with van der Waals surface area (Å²) in [6.07, 6.45) is 7.18. The number of aromatic nitrogens is 2. The number of piperidine rings is 1. The zero-order valence-electron chi connectivity index (χ0n) is 25.3. The lowest BCUT2D eigenvalue weighted by atomic mass is 9.93. The number of pyridine rings is 2. The molecular weight excluding hydrogens is 508 g/mol. The second-order valence-corrected chi connectivity index (χ2v) is 9.94. The lowest BCUT2D eigenvalue weighted by Crippen LogP contribution is -2.41. The Kier molecular flexibility index (Phi) is 13.9. The van der Waals surface area contributed by atoms with E-state index in [0.717, 1.165) is 43.6 Å². The number of anilines is 4. The topological polar surface area (TPSA) is 82.6 Å². The summed E-state index contributed by atoms with van der Waals surface area (Å²) in [5.74, 6) is 2.73. The van der Waals surface area contributed by atoms with Crippen LogP contribution in [-0.4, -0.2) is 61.0 Å². The Morgan fingerprint density at radius 1 is 0.923 bits per heavy atom. The summed E-state index contributed by atoms with van der Waals surface area (Å²) < 4.78 is 8.84. The number of carbonyl (C=O) groups is 1. The lowest BCUT2D eigenvalue weighted by molar-refractivity contribution is 0.0529. The maximum atomic E-state index is 13.3. The number of amides is 1. The predicted octanol–water partition coefficient (Wildman–Crippen LogP) is 7.10. The minimum atomic E-state index is -0.181. The normalized spacial score (nSPS) is 18.8. The van der Waals surface area contributed by atoms with E-state index in [0.29, 0.717) is 23.4 Å². The maximum absolute atomic E-state index is 13.3. The first kappa shape index (κ1) is 32.7. The first-order valence-electron chi connectivity index (χ1n) is 14.8. The Morgan fingerprint density at radius 3 is 2.23 bits per heavy atom. The molecule has 3 fully saturated rings. The second-order valence-electron chi connectivity index (χ2n) is 9.32. The van der Waals surface area contributed by atoms with E-state index < -0.39 is 0 Å². The highest BCUT2D eigenvalue weighted by atomic mass is 32.2. The minimum Gasteiger partial charge on any atom is -0.375 e. The van der Waals surface area contributed by atoms with Crippen LogP contribution in [0.15, 0.2) is 30.3 Å². The third kappa shape index (κ3) is 9.00. The molecule has 1 aliphatic carbocycles. The van der Waals surface area contributed by atoms with E-state index in [2.05, 4.69) is 26.8 Å². The molecule has 3 aliphatic rings. The molecule has 1 saturated carbocycles. The Morgan fingerprint density at radius 2 is 1.62 bits per heavy atom. The van der Waals surface area contributed by atoms with Crippen LogP contribution < -0.4 is 19.8 Å². The summed E-state index contributed by atoms with van der Waals surface area (Å²) in [6, 6.07) is 9.47. The average molecular weight is 559 g/mol. The number of hydrogen-bond donors (Lipinski definition) is 2. The number of hydrogen-bond acceptors (Lipinski definition) is 8. The fraction of sp³-hybridized carbons (Fsp3) is 0.633. The Balaban J connectivity index is 0.000000833. The van der Waals surface area contributed by atoms with E-state index in [-0.39, 0.29) is 12.0 Å². The molecule has 4 heterocycles. The highest BCUT2D eigenvalue weighted by Gasteiger charge is 2.45. The van der Waals surface area contributed by atoms with Crippen LogP contribution in [0.1, 0.15) is 84.5 Å². The van der Waals surface area contributed by atoms with E-state index in [1.807, 2.05) is 78.1 Å². The van der Waals surface area contributed by atoms with Crippen molar-refractivity contribution in [1.82, 2.24) is 9.97 Å². The van der Waals surface area contributed by atoms with Crippen molar-refractivity contribution in [3.63, 3.8) is 0 Å². The van der Waals surface area contributed by atoms with Crippen LogP contribution in [0.4, 0.5) is 23.3 Å². The number of rotatable bonds is 6. The highest BCUT2D eigenvalue weighted by molar-refractivity contribution is 7.99.